The average Bonchev–Trinajstić information content (AvgIpc) is 3.11. The van der Waals surface area contributed by atoms with Crippen molar-refractivity contribution in [2.75, 3.05) is 25.0 Å². The van der Waals surface area contributed by atoms with Crippen LogP contribution in [-0.2, 0) is 4.79 Å². The van der Waals surface area contributed by atoms with Crippen LogP contribution in [0.5, 0.6) is 5.75 Å². The number of likely N-dealkylation sites (tertiary alicyclic amines) is 1. The van der Waals surface area contributed by atoms with E-state index < -0.39 is 0 Å². The molecule has 1 unspecified atom stereocenters. The Morgan fingerprint density at radius 3 is 2.48 bits per heavy atom. The van der Waals surface area contributed by atoms with Crippen LogP contribution in [0.1, 0.15) is 33.6 Å². The van der Waals surface area contributed by atoms with Crippen LogP contribution in [0.25, 0.3) is 0 Å². The Hall–Kier alpha value is -2.50. The molecular formula is C21H29N3O3. The summed E-state index contributed by atoms with van der Waals surface area (Å²) in [6.45, 7) is 7.55. The lowest BCUT2D eigenvalue weighted by Crippen LogP contribution is -2.69. The summed E-state index contributed by atoms with van der Waals surface area (Å²) in [5, 5.41) is 5.54. The molecule has 0 saturated carbocycles. The molecular weight excluding hydrogens is 342 g/mol. The van der Waals surface area contributed by atoms with Gasteiger partial charge in [0.05, 0.1) is 13.2 Å². The van der Waals surface area contributed by atoms with Crippen molar-refractivity contribution < 1.29 is 14.3 Å². The molecule has 3 amide bonds. The molecule has 0 radical (unpaired) electrons. The van der Waals surface area contributed by atoms with Crippen molar-refractivity contribution in [2.24, 2.45) is 11.3 Å². The molecule has 146 valence electrons. The molecule has 0 bridgehead atoms. The minimum absolute atomic E-state index is 0.0430. The maximum absolute atomic E-state index is 12.6. The number of anilines is 1. The second kappa shape index (κ2) is 8.03. The van der Waals surface area contributed by atoms with Crippen LogP contribution in [-0.4, -0.2) is 42.6 Å². The van der Waals surface area contributed by atoms with E-state index in [4.69, 9.17) is 4.74 Å². The van der Waals surface area contributed by atoms with Crippen LogP contribution in [0, 0.1) is 11.3 Å². The summed E-state index contributed by atoms with van der Waals surface area (Å²) in [5.41, 5.74) is 0.883. The molecule has 1 aliphatic heterocycles. The summed E-state index contributed by atoms with van der Waals surface area (Å²) in [7, 11) is 0. The lowest BCUT2D eigenvalue weighted by molar-refractivity contribution is -0.115. The molecule has 1 atom stereocenters. The standard InChI is InChI=1S/C21H29N3O3/c1-4-27-17-9-7-16(8-10-17)23-18(25)13-22-20(26)24-14-21(11-5-6-12-21)19(24)15(2)3/h5-10,15,19H,4,11-14H2,1-3H3,(H,22,26)(H,23,25). The molecule has 1 saturated heterocycles. The molecule has 1 heterocycles. The number of nitrogens with zero attached hydrogens (tertiary/aromatic N) is 1. The van der Waals surface area contributed by atoms with E-state index in [1.807, 2.05) is 11.8 Å². The van der Waals surface area contributed by atoms with Gasteiger partial charge in [0.15, 0.2) is 0 Å². The minimum atomic E-state index is -0.244. The maximum atomic E-state index is 12.6. The number of amides is 3. The van der Waals surface area contributed by atoms with Crippen LogP contribution < -0.4 is 15.4 Å². The predicted octanol–water partition coefficient (Wildman–Crippen LogP) is 3.41. The molecule has 3 rings (SSSR count). The van der Waals surface area contributed by atoms with E-state index in [1.165, 1.54) is 0 Å². The van der Waals surface area contributed by atoms with Crippen LogP contribution in [0.2, 0.25) is 0 Å². The molecule has 1 aromatic carbocycles. The second-order valence-electron chi connectivity index (χ2n) is 7.72. The Labute approximate surface area is 161 Å². The summed E-state index contributed by atoms with van der Waals surface area (Å²) >= 11 is 0. The zero-order valence-electron chi connectivity index (χ0n) is 16.3. The predicted molar refractivity (Wildman–Crippen MR) is 106 cm³/mol. The van der Waals surface area contributed by atoms with E-state index in [1.54, 1.807) is 24.3 Å². The number of urea groups is 1. The van der Waals surface area contributed by atoms with Gasteiger partial charge in [0, 0.05) is 23.7 Å². The number of allylic oxidation sites excluding steroid dienone is 2. The fraction of sp³-hybridized carbons (Fsp3) is 0.524. The monoisotopic (exact) mass is 371 g/mol. The van der Waals surface area contributed by atoms with Gasteiger partial charge >= 0.3 is 6.03 Å². The maximum Gasteiger partial charge on any atom is 0.318 e. The first-order valence-electron chi connectivity index (χ1n) is 9.67. The third kappa shape index (κ3) is 4.10. The smallest absolute Gasteiger partial charge is 0.318 e. The Kier molecular flexibility index (Phi) is 5.73. The topological polar surface area (TPSA) is 70.7 Å². The highest BCUT2D eigenvalue weighted by molar-refractivity contribution is 5.94. The molecule has 2 N–H and O–H groups in total. The molecule has 6 nitrogen and oxygen atoms in total. The highest BCUT2D eigenvalue weighted by Gasteiger charge is 2.55. The van der Waals surface area contributed by atoms with E-state index in [9.17, 15) is 9.59 Å². The highest BCUT2D eigenvalue weighted by Crippen LogP contribution is 2.50. The quantitative estimate of drug-likeness (QED) is 0.753. The van der Waals surface area contributed by atoms with Gasteiger partial charge in [-0.05, 0) is 49.9 Å². The van der Waals surface area contributed by atoms with E-state index in [0.717, 1.165) is 25.1 Å². The number of hydrogen-bond donors (Lipinski definition) is 2. The number of benzene rings is 1. The van der Waals surface area contributed by atoms with Gasteiger partial charge in [-0.3, -0.25) is 4.79 Å². The molecule has 1 aromatic rings. The van der Waals surface area contributed by atoms with E-state index >= 15 is 0 Å². The second-order valence-corrected chi connectivity index (χ2v) is 7.72. The van der Waals surface area contributed by atoms with Crippen LogP contribution >= 0.6 is 0 Å². The molecule has 27 heavy (non-hydrogen) atoms. The van der Waals surface area contributed by atoms with Crippen LogP contribution in [0.4, 0.5) is 10.5 Å². The van der Waals surface area contributed by atoms with Gasteiger partial charge in [-0.2, -0.15) is 0 Å². The van der Waals surface area contributed by atoms with Gasteiger partial charge in [-0.15, -0.1) is 0 Å². The van der Waals surface area contributed by atoms with E-state index in [0.29, 0.717) is 18.2 Å². The number of rotatable bonds is 6. The average molecular weight is 371 g/mol. The third-order valence-electron chi connectivity index (χ3n) is 5.41. The summed E-state index contributed by atoms with van der Waals surface area (Å²) in [6, 6.07) is 7.24. The summed E-state index contributed by atoms with van der Waals surface area (Å²) < 4.78 is 5.38. The minimum Gasteiger partial charge on any atom is -0.494 e. The number of ether oxygens (including phenoxy) is 1. The zero-order valence-corrected chi connectivity index (χ0v) is 16.3. The van der Waals surface area contributed by atoms with Crippen molar-refractivity contribution >= 4 is 17.6 Å². The van der Waals surface area contributed by atoms with E-state index in [-0.39, 0.29) is 29.9 Å². The Balaban J connectivity index is 1.48. The third-order valence-corrected chi connectivity index (χ3v) is 5.41. The van der Waals surface area contributed by atoms with Gasteiger partial charge in [0.1, 0.15) is 5.75 Å². The largest absolute Gasteiger partial charge is 0.494 e. The molecule has 6 heteroatoms. The summed E-state index contributed by atoms with van der Waals surface area (Å²) in [4.78, 5) is 26.6. The first-order chi connectivity index (χ1) is 12.9. The van der Waals surface area contributed by atoms with Crippen molar-refractivity contribution in [2.45, 2.75) is 39.7 Å². The van der Waals surface area contributed by atoms with Gasteiger partial charge in [-0.25, -0.2) is 4.79 Å². The van der Waals surface area contributed by atoms with Crippen molar-refractivity contribution in [3.8, 4) is 5.75 Å². The summed E-state index contributed by atoms with van der Waals surface area (Å²) in [5.74, 6) is 0.908. The van der Waals surface area contributed by atoms with Crippen molar-refractivity contribution in [1.82, 2.24) is 10.2 Å². The van der Waals surface area contributed by atoms with Crippen molar-refractivity contribution in [3.63, 3.8) is 0 Å². The zero-order chi connectivity index (χ0) is 19.4. The Bertz CT molecular complexity index is 704. The SMILES string of the molecule is CCOc1ccc(NC(=O)CNC(=O)N2CC3(CC=CC3)C2C(C)C)cc1. The first-order valence-corrected chi connectivity index (χ1v) is 9.67. The molecule has 1 fully saturated rings. The lowest BCUT2D eigenvalue weighted by Gasteiger charge is -2.58. The highest BCUT2D eigenvalue weighted by atomic mass is 16.5. The van der Waals surface area contributed by atoms with Gasteiger partial charge in [0.25, 0.3) is 0 Å². The number of hydrogen-bond acceptors (Lipinski definition) is 3. The van der Waals surface area contributed by atoms with Gasteiger partial charge in [-0.1, -0.05) is 26.0 Å². The normalized spacial score (nSPS) is 19.9. The van der Waals surface area contributed by atoms with Crippen molar-refractivity contribution in [3.05, 3.63) is 36.4 Å². The Morgan fingerprint density at radius 2 is 1.89 bits per heavy atom. The van der Waals surface area contributed by atoms with Crippen molar-refractivity contribution in [1.29, 1.82) is 0 Å². The van der Waals surface area contributed by atoms with E-state index in [2.05, 4.69) is 36.6 Å². The number of carbonyl (C=O) groups is 2. The molecule has 1 aliphatic carbocycles. The number of carbonyl (C=O) groups excluding carboxylic acids is 2. The van der Waals surface area contributed by atoms with Gasteiger partial charge < -0.3 is 20.3 Å². The van der Waals surface area contributed by atoms with Crippen LogP contribution in [0.3, 0.4) is 0 Å². The lowest BCUT2D eigenvalue weighted by atomic mass is 9.65. The fourth-order valence-electron chi connectivity index (χ4n) is 4.37. The van der Waals surface area contributed by atoms with Gasteiger partial charge in [0.2, 0.25) is 5.91 Å². The number of nitrogens with one attached hydrogen (secondary N) is 2. The first kappa shape index (κ1) is 19.3. The Morgan fingerprint density at radius 1 is 1.22 bits per heavy atom. The fourth-order valence-corrected chi connectivity index (χ4v) is 4.37. The van der Waals surface area contributed by atoms with Crippen LogP contribution in [0.15, 0.2) is 36.4 Å². The molecule has 2 aliphatic rings. The molecule has 0 aromatic heterocycles. The summed E-state index contributed by atoms with van der Waals surface area (Å²) in [6.07, 6.45) is 6.51. The molecule has 1 spiro atoms.